The van der Waals surface area contributed by atoms with Gasteiger partial charge >= 0.3 is 5.97 Å². The molecule has 0 aliphatic heterocycles. The molecule has 2 saturated carbocycles. The van der Waals surface area contributed by atoms with Gasteiger partial charge in [0.15, 0.2) is 0 Å². The van der Waals surface area contributed by atoms with Gasteiger partial charge in [-0.2, -0.15) is 0 Å². The molecule has 0 radical (unpaired) electrons. The number of fused-ring (bicyclic) bond motifs is 2. The molecule has 3 unspecified atom stereocenters. The summed E-state index contributed by atoms with van der Waals surface area (Å²) in [6, 6.07) is 0. The zero-order valence-corrected chi connectivity index (χ0v) is 8.95. The summed E-state index contributed by atoms with van der Waals surface area (Å²) in [6.45, 7) is 8.03. The SMILES string of the molecule is C=CC(=O)OC1CC2CCC1C2(C)C. The van der Waals surface area contributed by atoms with E-state index < -0.39 is 0 Å². The number of carbonyl (C=O) groups is 1. The first-order valence-corrected chi connectivity index (χ1v) is 5.38. The summed E-state index contributed by atoms with van der Waals surface area (Å²) in [4.78, 5) is 11.1. The molecule has 2 heteroatoms. The van der Waals surface area contributed by atoms with Gasteiger partial charge in [-0.3, -0.25) is 0 Å². The van der Waals surface area contributed by atoms with E-state index in [1.165, 1.54) is 18.9 Å². The van der Waals surface area contributed by atoms with Crippen molar-refractivity contribution in [1.82, 2.24) is 0 Å². The molecule has 2 bridgehead atoms. The Labute approximate surface area is 85.3 Å². The predicted octanol–water partition coefficient (Wildman–Crippen LogP) is 2.54. The highest BCUT2D eigenvalue weighted by Crippen LogP contribution is 2.58. The van der Waals surface area contributed by atoms with E-state index in [4.69, 9.17) is 4.74 Å². The van der Waals surface area contributed by atoms with Crippen molar-refractivity contribution in [3.05, 3.63) is 12.7 Å². The molecule has 2 aliphatic rings. The van der Waals surface area contributed by atoms with Crippen molar-refractivity contribution in [1.29, 1.82) is 0 Å². The molecule has 2 rings (SSSR count). The van der Waals surface area contributed by atoms with Crippen LogP contribution in [0.2, 0.25) is 0 Å². The maximum Gasteiger partial charge on any atom is 0.330 e. The second kappa shape index (κ2) is 3.11. The lowest BCUT2D eigenvalue weighted by Crippen LogP contribution is -2.26. The number of hydrogen-bond donors (Lipinski definition) is 0. The van der Waals surface area contributed by atoms with Crippen LogP contribution in [0.15, 0.2) is 12.7 Å². The highest BCUT2D eigenvalue weighted by molar-refractivity contribution is 5.81. The Morgan fingerprint density at radius 3 is 2.64 bits per heavy atom. The van der Waals surface area contributed by atoms with Crippen molar-refractivity contribution >= 4 is 5.97 Å². The van der Waals surface area contributed by atoms with E-state index in [0.29, 0.717) is 11.3 Å². The summed E-state index contributed by atoms with van der Waals surface area (Å²) in [6.07, 6.45) is 4.98. The smallest absolute Gasteiger partial charge is 0.330 e. The molecule has 3 atom stereocenters. The van der Waals surface area contributed by atoms with Crippen molar-refractivity contribution in [3.8, 4) is 0 Å². The largest absolute Gasteiger partial charge is 0.459 e. The zero-order chi connectivity index (χ0) is 10.3. The van der Waals surface area contributed by atoms with Gasteiger partial charge in [-0.1, -0.05) is 20.4 Å². The summed E-state index contributed by atoms with van der Waals surface area (Å²) < 4.78 is 5.37. The first-order chi connectivity index (χ1) is 6.55. The highest BCUT2D eigenvalue weighted by atomic mass is 16.5. The van der Waals surface area contributed by atoms with Crippen molar-refractivity contribution in [2.45, 2.75) is 39.2 Å². The molecule has 0 aromatic heterocycles. The van der Waals surface area contributed by atoms with Crippen LogP contribution in [-0.4, -0.2) is 12.1 Å². The average molecular weight is 194 g/mol. The third-order valence-electron chi connectivity index (χ3n) is 4.23. The Balaban J connectivity index is 2.05. The fourth-order valence-electron chi connectivity index (χ4n) is 3.29. The van der Waals surface area contributed by atoms with E-state index in [1.54, 1.807) is 0 Å². The summed E-state index contributed by atoms with van der Waals surface area (Å²) in [7, 11) is 0. The van der Waals surface area contributed by atoms with Crippen LogP contribution in [0.3, 0.4) is 0 Å². The van der Waals surface area contributed by atoms with Crippen LogP contribution >= 0.6 is 0 Å². The van der Waals surface area contributed by atoms with Gasteiger partial charge in [-0.25, -0.2) is 4.79 Å². The third kappa shape index (κ3) is 1.28. The van der Waals surface area contributed by atoms with E-state index in [2.05, 4.69) is 20.4 Å². The number of esters is 1. The van der Waals surface area contributed by atoms with Gasteiger partial charge in [0.1, 0.15) is 6.10 Å². The Morgan fingerprint density at radius 1 is 1.50 bits per heavy atom. The second-order valence-electron chi connectivity index (χ2n) is 5.12. The molecule has 0 amide bonds. The lowest BCUT2D eigenvalue weighted by Gasteiger charge is -2.25. The lowest BCUT2D eigenvalue weighted by molar-refractivity contribution is -0.145. The molecule has 2 fully saturated rings. The van der Waals surface area contributed by atoms with Gasteiger partial charge in [0, 0.05) is 12.0 Å². The fraction of sp³-hybridized carbons (Fsp3) is 0.750. The van der Waals surface area contributed by atoms with E-state index in [-0.39, 0.29) is 12.1 Å². The minimum Gasteiger partial charge on any atom is -0.459 e. The molecule has 0 aromatic rings. The van der Waals surface area contributed by atoms with E-state index in [1.807, 2.05) is 0 Å². The third-order valence-corrected chi connectivity index (χ3v) is 4.23. The molecular weight excluding hydrogens is 176 g/mol. The van der Waals surface area contributed by atoms with E-state index in [0.717, 1.165) is 12.3 Å². The maximum atomic E-state index is 11.1. The summed E-state index contributed by atoms with van der Waals surface area (Å²) in [5.41, 5.74) is 0.367. The number of rotatable bonds is 2. The number of carbonyl (C=O) groups excluding carboxylic acids is 1. The first kappa shape index (κ1) is 9.75. The van der Waals surface area contributed by atoms with Gasteiger partial charge in [0.05, 0.1) is 0 Å². The second-order valence-corrected chi connectivity index (χ2v) is 5.12. The number of ether oxygens (including phenoxy) is 1. The van der Waals surface area contributed by atoms with Gasteiger partial charge < -0.3 is 4.74 Å². The Morgan fingerprint density at radius 2 is 2.21 bits per heavy atom. The Bertz CT molecular complexity index is 267. The number of hydrogen-bond acceptors (Lipinski definition) is 2. The molecule has 2 nitrogen and oxygen atoms in total. The normalized spacial score (nSPS) is 38.3. The maximum absolute atomic E-state index is 11.1. The van der Waals surface area contributed by atoms with Crippen molar-refractivity contribution < 1.29 is 9.53 Å². The van der Waals surface area contributed by atoms with E-state index in [9.17, 15) is 4.79 Å². The van der Waals surface area contributed by atoms with Crippen molar-refractivity contribution in [2.24, 2.45) is 17.3 Å². The van der Waals surface area contributed by atoms with Crippen LogP contribution < -0.4 is 0 Å². The quantitative estimate of drug-likeness (QED) is 0.499. The minimum atomic E-state index is -0.265. The van der Waals surface area contributed by atoms with Gasteiger partial charge in [-0.15, -0.1) is 0 Å². The highest BCUT2D eigenvalue weighted by Gasteiger charge is 2.54. The summed E-state index contributed by atoms with van der Waals surface area (Å²) in [5, 5.41) is 0. The lowest BCUT2D eigenvalue weighted by atomic mass is 9.82. The molecule has 0 N–H and O–H groups in total. The van der Waals surface area contributed by atoms with Crippen LogP contribution in [0.25, 0.3) is 0 Å². The Hall–Kier alpha value is -0.790. The topological polar surface area (TPSA) is 26.3 Å². The monoisotopic (exact) mass is 194 g/mol. The van der Waals surface area contributed by atoms with Gasteiger partial charge in [0.2, 0.25) is 0 Å². The van der Waals surface area contributed by atoms with Crippen LogP contribution in [0.5, 0.6) is 0 Å². The Kier molecular flexibility index (Phi) is 2.17. The molecule has 0 spiro atoms. The molecular formula is C12H18O2. The van der Waals surface area contributed by atoms with Gasteiger partial charge in [-0.05, 0) is 30.6 Å². The average Bonchev–Trinajstić information content (AvgIpc) is 2.54. The molecule has 2 aliphatic carbocycles. The fourth-order valence-corrected chi connectivity index (χ4v) is 3.29. The van der Waals surface area contributed by atoms with Crippen molar-refractivity contribution in [2.75, 3.05) is 0 Å². The van der Waals surface area contributed by atoms with Crippen LogP contribution in [-0.2, 0) is 9.53 Å². The molecule has 0 heterocycles. The van der Waals surface area contributed by atoms with Crippen LogP contribution in [0, 0.1) is 17.3 Å². The summed E-state index contributed by atoms with van der Waals surface area (Å²) >= 11 is 0. The predicted molar refractivity (Wildman–Crippen MR) is 54.7 cm³/mol. The zero-order valence-electron chi connectivity index (χ0n) is 8.95. The van der Waals surface area contributed by atoms with Crippen LogP contribution in [0.1, 0.15) is 33.1 Å². The van der Waals surface area contributed by atoms with Crippen molar-refractivity contribution in [3.63, 3.8) is 0 Å². The molecule has 78 valence electrons. The van der Waals surface area contributed by atoms with Gasteiger partial charge in [0.25, 0.3) is 0 Å². The summed E-state index contributed by atoms with van der Waals surface area (Å²) in [5.74, 6) is 1.05. The molecule has 14 heavy (non-hydrogen) atoms. The first-order valence-electron chi connectivity index (χ1n) is 5.38. The minimum absolute atomic E-state index is 0.147. The van der Waals surface area contributed by atoms with E-state index >= 15 is 0 Å². The standard InChI is InChI=1S/C12H18O2/c1-4-11(13)14-10-7-8-5-6-9(10)12(8,2)3/h4,8-10H,1,5-7H2,2-3H3. The molecule has 0 saturated heterocycles. The molecule has 0 aromatic carbocycles. The van der Waals surface area contributed by atoms with Crippen LogP contribution in [0.4, 0.5) is 0 Å².